The molecule has 0 fully saturated rings. The fourth-order valence-corrected chi connectivity index (χ4v) is 4.64. The van der Waals surface area contributed by atoms with Crippen LogP contribution in [-0.4, -0.2) is 90.2 Å². The highest BCUT2D eigenvalue weighted by Gasteiger charge is 2.06. The van der Waals surface area contributed by atoms with Crippen LogP contribution in [0.5, 0.6) is 0 Å². The number of benzene rings is 2. The topological polar surface area (TPSA) is 216 Å². The van der Waals surface area contributed by atoms with E-state index in [2.05, 4.69) is 41.5 Å². The van der Waals surface area contributed by atoms with Gasteiger partial charge >= 0.3 is 30.5 Å². The van der Waals surface area contributed by atoms with Crippen molar-refractivity contribution < 1.29 is 47.7 Å². The summed E-state index contributed by atoms with van der Waals surface area (Å²) in [5.74, 6) is 0. The quantitative estimate of drug-likeness (QED) is 0.0336. The van der Waals surface area contributed by atoms with Crippen molar-refractivity contribution in [1.82, 2.24) is 21.3 Å². The molecule has 0 bridgehead atoms. The second-order valence-electron chi connectivity index (χ2n) is 12.2. The predicted molar refractivity (Wildman–Crippen MR) is 206 cm³/mol. The fraction of sp³-hybridized carbons (Fsp3) is 0.553. The number of rotatable bonds is 27. The molecule has 0 spiro atoms. The molecule has 17 heteroatoms. The number of alkyl carbamates (subject to hydrolysis) is 4. The first-order valence-corrected chi connectivity index (χ1v) is 18.9. The Morgan fingerprint density at radius 3 is 1.20 bits per heavy atom. The monoisotopic (exact) mass is 771 g/mol. The van der Waals surface area contributed by atoms with E-state index in [0.29, 0.717) is 69.8 Å². The van der Waals surface area contributed by atoms with Crippen LogP contribution in [0.25, 0.3) is 0 Å². The third-order valence-corrected chi connectivity index (χ3v) is 7.63. The van der Waals surface area contributed by atoms with E-state index < -0.39 is 30.5 Å². The van der Waals surface area contributed by atoms with Crippen molar-refractivity contribution in [1.29, 1.82) is 0 Å². The minimum atomic E-state index is -0.542. The zero-order valence-electron chi connectivity index (χ0n) is 31.8. The number of nitrogens with one attached hydrogen (secondary N) is 5. The first-order valence-electron chi connectivity index (χ1n) is 18.9. The summed E-state index contributed by atoms with van der Waals surface area (Å²) in [7, 11) is 1.31. The van der Waals surface area contributed by atoms with Gasteiger partial charge in [0.15, 0.2) is 0 Å². The third kappa shape index (κ3) is 25.9. The van der Waals surface area contributed by atoms with E-state index in [-0.39, 0.29) is 19.8 Å². The molecule has 17 nitrogen and oxygen atoms in total. The van der Waals surface area contributed by atoms with Gasteiger partial charge < -0.3 is 45.0 Å². The molecule has 0 radical (unpaired) electrons. The van der Waals surface area contributed by atoms with Crippen LogP contribution in [0.4, 0.5) is 41.0 Å². The largest absolute Gasteiger partial charge is 0.453 e. The normalized spacial score (nSPS) is 10.6. The Kier molecular flexibility index (Phi) is 25.5. The van der Waals surface area contributed by atoms with Gasteiger partial charge in [-0.15, -0.1) is 0 Å². The summed E-state index contributed by atoms with van der Waals surface area (Å²) in [4.78, 5) is 58.4. The SMILES string of the molecule is COC(=O)NCCCCCOC(=O)NCCCCCOC(=O)NCCCCCOC(=O)NCCCCCOC(=O)Nc1ccc(N=Nc2ccccc2)cc1. The number of carbonyl (C=O) groups excluding carboxylic acids is 5. The fourth-order valence-electron chi connectivity index (χ4n) is 4.64. The van der Waals surface area contributed by atoms with Crippen molar-refractivity contribution in [2.24, 2.45) is 10.2 Å². The van der Waals surface area contributed by atoms with Gasteiger partial charge in [-0.1, -0.05) is 18.2 Å². The van der Waals surface area contributed by atoms with Crippen LogP contribution in [0.2, 0.25) is 0 Å². The molecule has 304 valence electrons. The van der Waals surface area contributed by atoms with Gasteiger partial charge in [0.05, 0.1) is 44.9 Å². The molecule has 0 saturated carbocycles. The maximum atomic E-state index is 12.1. The van der Waals surface area contributed by atoms with Crippen LogP contribution in [0.1, 0.15) is 77.0 Å². The van der Waals surface area contributed by atoms with Crippen LogP contribution < -0.4 is 26.6 Å². The van der Waals surface area contributed by atoms with Crippen LogP contribution in [0.3, 0.4) is 0 Å². The van der Waals surface area contributed by atoms with Crippen LogP contribution in [0, 0.1) is 0 Å². The number of methoxy groups -OCH3 is 1. The summed E-state index contributed by atoms with van der Waals surface area (Å²) in [6, 6.07) is 16.3. The summed E-state index contributed by atoms with van der Waals surface area (Å²) >= 11 is 0. The molecule has 55 heavy (non-hydrogen) atoms. The molecule has 0 aliphatic heterocycles. The van der Waals surface area contributed by atoms with Crippen LogP contribution in [0.15, 0.2) is 64.8 Å². The van der Waals surface area contributed by atoms with Gasteiger partial charge in [0.2, 0.25) is 0 Å². The number of amides is 5. The second-order valence-corrected chi connectivity index (χ2v) is 12.2. The molecule has 0 atom stereocenters. The molecule has 0 aliphatic carbocycles. The smallest absolute Gasteiger partial charge is 0.411 e. The Balaban J connectivity index is 1.30. The van der Waals surface area contributed by atoms with Gasteiger partial charge in [-0.3, -0.25) is 5.32 Å². The second kappa shape index (κ2) is 30.8. The number of ether oxygens (including phenoxy) is 5. The Morgan fingerprint density at radius 1 is 0.436 bits per heavy atom. The zero-order valence-corrected chi connectivity index (χ0v) is 31.8. The molecule has 5 amide bonds. The summed E-state index contributed by atoms with van der Waals surface area (Å²) in [6.45, 7) is 3.05. The first-order chi connectivity index (χ1) is 26.9. The molecule has 0 aliphatic rings. The summed E-state index contributed by atoms with van der Waals surface area (Å²) in [6.07, 6.45) is 6.40. The molecule has 0 aromatic heterocycles. The number of carbonyl (C=O) groups is 5. The first kappa shape index (κ1) is 45.5. The van der Waals surface area contributed by atoms with Gasteiger partial charge in [0.25, 0.3) is 0 Å². The van der Waals surface area contributed by atoms with Crippen LogP contribution >= 0.6 is 0 Å². The summed E-state index contributed by atoms with van der Waals surface area (Å²) < 4.78 is 25.2. The minimum Gasteiger partial charge on any atom is -0.453 e. The van der Waals surface area contributed by atoms with Crippen molar-refractivity contribution in [3.05, 3.63) is 54.6 Å². The standard InChI is InChI=1S/C38H57N7O10/c1-51-34(46)39-23-9-3-13-27-52-35(47)40-24-10-4-14-28-53-36(48)41-25-11-5-15-29-54-37(49)42-26-12-6-16-30-55-38(50)43-31-19-21-33(22-20-31)45-44-32-17-7-2-8-18-32/h2,7-8,17-22H,3-6,9-16,23-30H2,1H3,(H,39,46)(H,40,47)(H,41,48)(H,42,49)(H,43,50). The maximum absolute atomic E-state index is 12.1. The van der Waals surface area contributed by atoms with Gasteiger partial charge in [0.1, 0.15) is 0 Å². The average molecular weight is 772 g/mol. The molecule has 0 unspecified atom stereocenters. The molecule has 0 heterocycles. The Morgan fingerprint density at radius 2 is 0.800 bits per heavy atom. The lowest BCUT2D eigenvalue weighted by Crippen LogP contribution is -2.27. The van der Waals surface area contributed by atoms with E-state index in [9.17, 15) is 24.0 Å². The van der Waals surface area contributed by atoms with E-state index in [1.165, 1.54) is 7.11 Å². The predicted octanol–water partition coefficient (Wildman–Crippen LogP) is 7.87. The molecule has 5 N–H and O–H groups in total. The Hall–Kier alpha value is -5.61. The number of hydrogen-bond donors (Lipinski definition) is 5. The number of nitrogens with zero attached hydrogens (tertiary/aromatic N) is 2. The molecule has 2 rings (SSSR count). The highest BCUT2D eigenvalue weighted by atomic mass is 16.6. The average Bonchev–Trinajstić information content (AvgIpc) is 3.19. The lowest BCUT2D eigenvalue weighted by Gasteiger charge is -2.09. The molecular formula is C38H57N7O10. The maximum Gasteiger partial charge on any atom is 0.411 e. The van der Waals surface area contributed by atoms with Gasteiger partial charge in [-0.2, -0.15) is 10.2 Å². The molecular weight excluding hydrogens is 714 g/mol. The van der Waals surface area contributed by atoms with Crippen molar-refractivity contribution in [3.63, 3.8) is 0 Å². The van der Waals surface area contributed by atoms with Gasteiger partial charge in [-0.05, 0) is 113 Å². The highest BCUT2D eigenvalue weighted by molar-refractivity contribution is 5.84. The third-order valence-electron chi connectivity index (χ3n) is 7.63. The van der Waals surface area contributed by atoms with Crippen molar-refractivity contribution >= 4 is 47.5 Å². The van der Waals surface area contributed by atoms with Crippen molar-refractivity contribution in [2.45, 2.75) is 77.0 Å². The lowest BCUT2D eigenvalue weighted by atomic mass is 10.2. The Labute approximate surface area is 323 Å². The summed E-state index contributed by atoms with van der Waals surface area (Å²) in [5, 5.41) is 21.7. The zero-order chi connectivity index (χ0) is 39.6. The summed E-state index contributed by atoms with van der Waals surface area (Å²) in [5.41, 5.74) is 2.00. The van der Waals surface area contributed by atoms with Crippen LogP contribution in [-0.2, 0) is 23.7 Å². The van der Waals surface area contributed by atoms with E-state index in [0.717, 1.165) is 57.1 Å². The van der Waals surface area contributed by atoms with E-state index in [4.69, 9.17) is 18.9 Å². The number of unbranched alkanes of at least 4 members (excludes halogenated alkanes) is 8. The lowest BCUT2D eigenvalue weighted by molar-refractivity contribution is 0.142. The van der Waals surface area contributed by atoms with E-state index in [1.54, 1.807) is 24.3 Å². The minimum absolute atomic E-state index is 0.259. The van der Waals surface area contributed by atoms with Gasteiger partial charge in [-0.25, -0.2) is 24.0 Å². The molecule has 2 aromatic rings. The molecule has 0 saturated heterocycles. The highest BCUT2D eigenvalue weighted by Crippen LogP contribution is 2.20. The van der Waals surface area contributed by atoms with Gasteiger partial charge in [0, 0.05) is 31.9 Å². The molecule has 2 aromatic carbocycles. The number of hydrogen-bond acceptors (Lipinski definition) is 12. The van der Waals surface area contributed by atoms with Crippen molar-refractivity contribution in [3.8, 4) is 0 Å². The Bertz CT molecular complexity index is 1400. The number of anilines is 1. The van der Waals surface area contributed by atoms with Crippen molar-refractivity contribution in [2.75, 3.05) is 65.0 Å². The number of azo groups is 1. The van der Waals surface area contributed by atoms with E-state index >= 15 is 0 Å². The van der Waals surface area contributed by atoms with E-state index in [1.807, 2.05) is 30.3 Å².